The zero-order valence-electron chi connectivity index (χ0n) is 19.4. The van der Waals surface area contributed by atoms with Crippen molar-refractivity contribution in [3.63, 3.8) is 0 Å². The molecule has 0 radical (unpaired) electrons. The molecule has 178 valence electrons. The summed E-state index contributed by atoms with van der Waals surface area (Å²) in [4.78, 5) is 37.3. The molecule has 0 spiro atoms. The molecule has 1 N–H and O–H groups in total. The molecule has 9 nitrogen and oxygen atoms in total. The Kier molecular flexibility index (Phi) is 7.09. The Labute approximate surface area is 196 Å². The molecule has 3 aromatic rings. The van der Waals surface area contributed by atoms with Crippen LogP contribution in [0.4, 0.5) is 15.9 Å². The molecule has 0 bridgehead atoms. The standard InChI is InChI=1S/C24H26FN5O4/c1-5-28(23(32)16-6-10-19(11-7-16)30(33)34)15-22(31)26-21-14-20(24(2,3)4)27-29(21)18-12-8-17(25)9-13-18/h6-14H,5,15H2,1-4H3,(H,26,31). The van der Waals surface area contributed by atoms with Gasteiger partial charge in [0.05, 0.1) is 16.3 Å². The Bertz CT molecular complexity index is 1200. The van der Waals surface area contributed by atoms with E-state index < -0.39 is 16.7 Å². The van der Waals surface area contributed by atoms with Crippen molar-refractivity contribution in [1.82, 2.24) is 14.7 Å². The van der Waals surface area contributed by atoms with Crippen LogP contribution in [0.5, 0.6) is 0 Å². The number of rotatable bonds is 7. The first-order valence-electron chi connectivity index (χ1n) is 10.7. The third-order valence-corrected chi connectivity index (χ3v) is 5.14. The van der Waals surface area contributed by atoms with Crippen LogP contribution in [-0.4, -0.2) is 44.5 Å². The minimum atomic E-state index is -0.546. The predicted octanol–water partition coefficient (Wildman–Crippen LogP) is 4.32. The van der Waals surface area contributed by atoms with Crippen molar-refractivity contribution in [2.75, 3.05) is 18.4 Å². The van der Waals surface area contributed by atoms with Crippen LogP contribution in [0.1, 0.15) is 43.7 Å². The number of nitro benzene ring substituents is 1. The van der Waals surface area contributed by atoms with E-state index in [0.717, 1.165) is 5.69 Å². The number of benzene rings is 2. The quantitative estimate of drug-likeness (QED) is 0.411. The Morgan fingerprint density at radius 1 is 1.12 bits per heavy atom. The Morgan fingerprint density at radius 2 is 1.74 bits per heavy atom. The zero-order chi connectivity index (χ0) is 25.0. The third kappa shape index (κ3) is 5.64. The van der Waals surface area contributed by atoms with Gasteiger partial charge in [-0.25, -0.2) is 9.07 Å². The zero-order valence-corrected chi connectivity index (χ0v) is 19.4. The highest BCUT2D eigenvalue weighted by atomic mass is 19.1. The van der Waals surface area contributed by atoms with Gasteiger partial charge >= 0.3 is 0 Å². The van der Waals surface area contributed by atoms with E-state index in [1.807, 2.05) is 20.8 Å². The summed E-state index contributed by atoms with van der Waals surface area (Å²) in [7, 11) is 0. The van der Waals surface area contributed by atoms with Crippen LogP contribution in [0.15, 0.2) is 54.6 Å². The number of aromatic nitrogens is 2. The number of nitro groups is 1. The fourth-order valence-corrected chi connectivity index (χ4v) is 3.21. The maximum Gasteiger partial charge on any atom is 0.269 e. The lowest BCUT2D eigenvalue weighted by molar-refractivity contribution is -0.384. The first-order valence-corrected chi connectivity index (χ1v) is 10.7. The summed E-state index contributed by atoms with van der Waals surface area (Å²) in [5, 5.41) is 18.2. The minimum absolute atomic E-state index is 0.124. The van der Waals surface area contributed by atoms with Gasteiger partial charge in [0.25, 0.3) is 11.6 Å². The van der Waals surface area contributed by atoms with Crippen LogP contribution in [0.2, 0.25) is 0 Å². The van der Waals surface area contributed by atoms with Gasteiger partial charge in [-0.1, -0.05) is 20.8 Å². The largest absolute Gasteiger partial charge is 0.330 e. The highest BCUT2D eigenvalue weighted by molar-refractivity contribution is 5.99. The minimum Gasteiger partial charge on any atom is -0.330 e. The van der Waals surface area contributed by atoms with Crippen molar-refractivity contribution in [3.05, 3.63) is 81.8 Å². The molecule has 1 aromatic heterocycles. The monoisotopic (exact) mass is 467 g/mol. The van der Waals surface area contributed by atoms with E-state index in [0.29, 0.717) is 11.5 Å². The molecular weight excluding hydrogens is 441 g/mol. The molecule has 0 saturated heterocycles. The van der Waals surface area contributed by atoms with Crippen LogP contribution in [0, 0.1) is 15.9 Å². The van der Waals surface area contributed by atoms with Gasteiger partial charge in [-0.3, -0.25) is 19.7 Å². The van der Waals surface area contributed by atoms with Gasteiger partial charge in [0.15, 0.2) is 0 Å². The van der Waals surface area contributed by atoms with E-state index in [4.69, 9.17) is 0 Å². The second-order valence-corrected chi connectivity index (χ2v) is 8.72. The number of hydrogen-bond donors (Lipinski definition) is 1. The van der Waals surface area contributed by atoms with Crippen molar-refractivity contribution in [2.24, 2.45) is 0 Å². The number of amides is 2. The molecule has 0 atom stereocenters. The van der Waals surface area contributed by atoms with Crippen molar-refractivity contribution >= 4 is 23.3 Å². The molecular formula is C24H26FN5O4. The number of nitrogens with zero attached hydrogens (tertiary/aromatic N) is 4. The summed E-state index contributed by atoms with van der Waals surface area (Å²) in [6.45, 7) is 7.71. The first kappa shape index (κ1) is 24.6. The first-order chi connectivity index (χ1) is 16.0. The third-order valence-electron chi connectivity index (χ3n) is 5.14. The number of anilines is 1. The summed E-state index contributed by atoms with van der Waals surface area (Å²) in [6.07, 6.45) is 0. The molecule has 10 heteroatoms. The van der Waals surface area contributed by atoms with E-state index in [2.05, 4.69) is 10.4 Å². The van der Waals surface area contributed by atoms with Crippen molar-refractivity contribution in [1.29, 1.82) is 0 Å². The van der Waals surface area contributed by atoms with Gasteiger partial charge in [-0.05, 0) is 43.3 Å². The average molecular weight is 468 g/mol. The second kappa shape index (κ2) is 9.82. The van der Waals surface area contributed by atoms with E-state index >= 15 is 0 Å². The lowest BCUT2D eigenvalue weighted by Crippen LogP contribution is -2.38. The van der Waals surface area contributed by atoms with Gasteiger partial charge in [0, 0.05) is 35.7 Å². The Morgan fingerprint density at radius 3 is 2.26 bits per heavy atom. The second-order valence-electron chi connectivity index (χ2n) is 8.72. The number of carbonyl (C=O) groups is 2. The SMILES string of the molecule is CCN(CC(=O)Nc1cc(C(C)(C)C)nn1-c1ccc(F)cc1)C(=O)c1ccc([N+](=O)[O-])cc1. The van der Waals surface area contributed by atoms with Crippen LogP contribution < -0.4 is 5.32 Å². The normalized spacial score (nSPS) is 11.2. The molecule has 1 heterocycles. The molecule has 0 saturated carbocycles. The smallest absolute Gasteiger partial charge is 0.269 e. The van der Waals surface area contributed by atoms with E-state index in [1.165, 1.54) is 46.0 Å². The molecule has 2 amide bonds. The van der Waals surface area contributed by atoms with Crippen LogP contribution in [-0.2, 0) is 10.2 Å². The molecule has 0 unspecified atom stereocenters. The topological polar surface area (TPSA) is 110 Å². The molecule has 0 aliphatic carbocycles. The highest BCUT2D eigenvalue weighted by Gasteiger charge is 2.23. The summed E-state index contributed by atoms with van der Waals surface area (Å²) >= 11 is 0. The van der Waals surface area contributed by atoms with Crippen molar-refractivity contribution in [3.8, 4) is 5.69 Å². The van der Waals surface area contributed by atoms with Gasteiger partial charge in [-0.15, -0.1) is 0 Å². The number of non-ortho nitro benzene ring substituents is 1. The molecule has 34 heavy (non-hydrogen) atoms. The van der Waals surface area contributed by atoms with Gasteiger partial charge in [-0.2, -0.15) is 5.10 Å². The lowest BCUT2D eigenvalue weighted by atomic mass is 9.92. The van der Waals surface area contributed by atoms with Gasteiger partial charge in [0.1, 0.15) is 18.2 Å². The van der Waals surface area contributed by atoms with Crippen LogP contribution >= 0.6 is 0 Å². The van der Waals surface area contributed by atoms with E-state index in [9.17, 15) is 24.1 Å². The molecule has 3 rings (SSSR count). The number of hydrogen-bond acceptors (Lipinski definition) is 5. The van der Waals surface area contributed by atoms with E-state index in [-0.39, 0.29) is 35.6 Å². The van der Waals surface area contributed by atoms with Gasteiger partial charge in [0.2, 0.25) is 5.91 Å². The maximum absolute atomic E-state index is 13.4. The highest BCUT2D eigenvalue weighted by Crippen LogP contribution is 2.26. The number of nitrogens with one attached hydrogen (secondary N) is 1. The van der Waals surface area contributed by atoms with E-state index in [1.54, 1.807) is 25.1 Å². The van der Waals surface area contributed by atoms with Crippen LogP contribution in [0.3, 0.4) is 0 Å². The van der Waals surface area contributed by atoms with Gasteiger partial charge < -0.3 is 10.2 Å². The van der Waals surface area contributed by atoms with Crippen molar-refractivity contribution < 1.29 is 18.9 Å². The summed E-state index contributed by atoms with van der Waals surface area (Å²) < 4.78 is 14.9. The Hall–Kier alpha value is -4.08. The Balaban J connectivity index is 1.81. The number of likely N-dealkylation sites (N-methyl/N-ethyl adjacent to an activating group) is 1. The number of halogens is 1. The lowest BCUT2D eigenvalue weighted by Gasteiger charge is -2.20. The fraction of sp³-hybridized carbons (Fsp3) is 0.292. The van der Waals surface area contributed by atoms with Crippen molar-refractivity contribution in [2.45, 2.75) is 33.1 Å². The summed E-state index contributed by atoms with van der Waals surface area (Å²) in [5.41, 5.74) is 1.11. The molecule has 0 aliphatic heterocycles. The average Bonchev–Trinajstić information content (AvgIpc) is 3.21. The predicted molar refractivity (Wildman–Crippen MR) is 126 cm³/mol. The number of carbonyl (C=O) groups excluding carboxylic acids is 2. The molecule has 2 aromatic carbocycles. The maximum atomic E-state index is 13.4. The van der Waals surface area contributed by atoms with Crippen LogP contribution in [0.25, 0.3) is 5.69 Å². The molecule has 0 aliphatic rings. The molecule has 0 fully saturated rings. The summed E-state index contributed by atoms with van der Waals surface area (Å²) in [6, 6.07) is 12.7. The fourth-order valence-electron chi connectivity index (χ4n) is 3.21. The summed E-state index contributed by atoms with van der Waals surface area (Å²) in [5.74, 6) is -0.864.